The average Bonchev–Trinajstić information content (AvgIpc) is 2.28. The number of carbonyl (C=O) groups is 3. The van der Waals surface area contributed by atoms with E-state index in [1.165, 1.54) is 14.2 Å². The van der Waals surface area contributed by atoms with Gasteiger partial charge in [0.05, 0.1) is 20.1 Å². The lowest BCUT2D eigenvalue weighted by Gasteiger charge is -2.22. The van der Waals surface area contributed by atoms with Gasteiger partial charge in [0.1, 0.15) is 5.57 Å². The van der Waals surface area contributed by atoms with E-state index in [1.807, 2.05) is 0 Å². The first-order valence-corrected chi connectivity index (χ1v) is 4.93. The molecule has 0 heterocycles. The van der Waals surface area contributed by atoms with Crippen molar-refractivity contribution >= 4 is 17.7 Å². The van der Waals surface area contributed by atoms with Gasteiger partial charge in [-0.05, 0) is 18.9 Å². The Bertz CT molecular complexity index is 367. The van der Waals surface area contributed by atoms with Crippen molar-refractivity contribution in [2.24, 2.45) is 5.92 Å². The highest BCUT2D eigenvalue weighted by Gasteiger charge is 2.34. The summed E-state index contributed by atoms with van der Waals surface area (Å²) in [6, 6.07) is 0. The van der Waals surface area contributed by atoms with E-state index in [4.69, 9.17) is 0 Å². The second-order valence-electron chi connectivity index (χ2n) is 3.59. The molecule has 0 saturated heterocycles. The third kappa shape index (κ3) is 2.13. The van der Waals surface area contributed by atoms with E-state index in [0.29, 0.717) is 12.0 Å². The van der Waals surface area contributed by atoms with Crippen LogP contribution >= 0.6 is 0 Å². The molecule has 16 heavy (non-hydrogen) atoms. The van der Waals surface area contributed by atoms with Gasteiger partial charge in [-0.3, -0.25) is 9.59 Å². The molecular formula is C11H14O5. The maximum Gasteiger partial charge on any atom is 0.341 e. The van der Waals surface area contributed by atoms with Crippen LogP contribution in [0.2, 0.25) is 0 Å². The summed E-state index contributed by atoms with van der Waals surface area (Å²) in [4.78, 5) is 34.4. The first-order valence-electron chi connectivity index (χ1n) is 4.93. The van der Waals surface area contributed by atoms with Gasteiger partial charge in [-0.2, -0.15) is 0 Å². The van der Waals surface area contributed by atoms with Gasteiger partial charge >= 0.3 is 11.9 Å². The number of hydrogen-bond acceptors (Lipinski definition) is 5. The molecule has 0 radical (unpaired) electrons. The zero-order valence-electron chi connectivity index (χ0n) is 9.53. The molecule has 0 unspecified atom stereocenters. The molecule has 0 aliphatic heterocycles. The van der Waals surface area contributed by atoms with Crippen molar-refractivity contribution in [1.82, 2.24) is 0 Å². The number of methoxy groups -OCH3 is 2. The second-order valence-corrected chi connectivity index (χ2v) is 3.59. The SMILES string of the molecule is COC(=O)C1=C(C)[C@@H](C(=O)OC)CCC1=O. The van der Waals surface area contributed by atoms with E-state index in [-0.39, 0.29) is 17.8 Å². The molecular weight excluding hydrogens is 212 g/mol. The van der Waals surface area contributed by atoms with Crippen molar-refractivity contribution in [3.63, 3.8) is 0 Å². The Kier molecular flexibility index (Phi) is 3.82. The standard InChI is InChI=1S/C11H14O5/c1-6-7(10(13)15-2)4-5-8(12)9(6)11(14)16-3/h7H,4-5H2,1-3H3/t7-/m0/s1. The molecule has 0 aromatic heterocycles. The number of hydrogen-bond donors (Lipinski definition) is 0. The van der Waals surface area contributed by atoms with Gasteiger partial charge in [-0.15, -0.1) is 0 Å². The first-order chi connectivity index (χ1) is 7.52. The third-order valence-corrected chi connectivity index (χ3v) is 2.73. The molecule has 0 amide bonds. The van der Waals surface area contributed by atoms with Crippen molar-refractivity contribution in [3.8, 4) is 0 Å². The Morgan fingerprint density at radius 3 is 2.38 bits per heavy atom. The molecule has 88 valence electrons. The summed E-state index contributed by atoms with van der Waals surface area (Å²) in [6.07, 6.45) is 0.555. The molecule has 0 saturated carbocycles. The van der Waals surface area contributed by atoms with Crippen LogP contribution in [-0.4, -0.2) is 31.9 Å². The van der Waals surface area contributed by atoms with Gasteiger partial charge in [-0.25, -0.2) is 4.79 Å². The van der Waals surface area contributed by atoms with Crippen molar-refractivity contribution < 1.29 is 23.9 Å². The van der Waals surface area contributed by atoms with Crippen molar-refractivity contribution in [2.75, 3.05) is 14.2 Å². The van der Waals surface area contributed by atoms with E-state index in [9.17, 15) is 14.4 Å². The Hall–Kier alpha value is -1.65. The van der Waals surface area contributed by atoms with Crippen LogP contribution in [0.5, 0.6) is 0 Å². The van der Waals surface area contributed by atoms with Crippen LogP contribution in [0, 0.1) is 5.92 Å². The predicted molar refractivity (Wildman–Crippen MR) is 54.5 cm³/mol. The summed E-state index contributed by atoms with van der Waals surface area (Å²) in [6.45, 7) is 1.59. The van der Waals surface area contributed by atoms with Crippen molar-refractivity contribution in [1.29, 1.82) is 0 Å². The summed E-state index contributed by atoms with van der Waals surface area (Å²) in [7, 11) is 2.49. The van der Waals surface area contributed by atoms with Crippen molar-refractivity contribution in [3.05, 3.63) is 11.1 Å². The van der Waals surface area contributed by atoms with E-state index < -0.39 is 17.9 Å². The van der Waals surface area contributed by atoms with Gasteiger partial charge in [0, 0.05) is 6.42 Å². The van der Waals surface area contributed by atoms with E-state index in [1.54, 1.807) is 6.92 Å². The Morgan fingerprint density at radius 1 is 1.25 bits per heavy atom. The number of ketones is 1. The molecule has 0 fully saturated rings. The fraction of sp³-hybridized carbons (Fsp3) is 0.545. The number of Topliss-reactive ketones (excluding diaryl/α,β-unsaturated/α-hetero) is 1. The fourth-order valence-electron chi connectivity index (χ4n) is 1.82. The summed E-state index contributed by atoms with van der Waals surface area (Å²) >= 11 is 0. The van der Waals surface area contributed by atoms with Gasteiger partial charge in [0.15, 0.2) is 5.78 Å². The minimum absolute atomic E-state index is 0.0100. The maximum absolute atomic E-state index is 11.6. The number of ether oxygens (including phenoxy) is 2. The average molecular weight is 226 g/mol. The lowest BCUT2D eigenvalue weighted by molar-refractivity contribution is -0.144. The summed E-state index contributed by atoms with van der Waals surface area (Å²) in [5, 5.41) is 0. The molecule has 0 N–H and O–H groups in total. The lowest BCUT2D eigenvalue weighted by Crippen LogP contribution is -2.29. The molecule has 5 heteroatoms. The van der Waals surface area contributed by atoms with Gasteiger partial charge in [0.2, 0.25) is 0 Å². The molecule has 1 aliphatic rings. The third-order valence-electron chi connectivity index (χ3n) is 2.73. The highest BCUT2D eigenvalue weighted by Crippen LogP contribution is 2.29. The number of carbonyl (C=O) groups excluding carboxylic acids is 3. The second kappa shape index (κ2) is 4.92. The van der Waals surface area contributed by atoms with Crippen LogP contribution in [0.15, 0.2) is 11.1 Å². The maximum atomic E-state index is 11.6. The van der Waals surface area contributed by atoms with E-state index in [0.717, 1.165) is 0 Å². The van der Waals surface area contributed by atoms with Crippen molar-refractivity contribution in [2.45, 2.75) is 19.8 Å². The Labute approximate surface area is 93.4 Å². The van der Waals surface area contributed by atoms with Crippen LogP contribution in [0.25, 0.3) is 0 Å². The van der Waals surface area contributed by atoms with Crippen LogP contribution in [-0.2, 0) is 23.9 Å². The molecule has 1 atom stereocenters. The molecule has 0 aromatic carbocycles. The van der Waals surface area contributed by atoms with Crippen LogP contribution in [0.1, 0.15) is 19.8 Å². The smallest absolute Gasteiger partial charge is 0.341 e. The highest BCUT2D eigenvalue weighted by molar-refractivity contribution is 6.19. The Morgan fingerprint density at radius 2 is 1.88 bits per heavy atom. The predicted octanol–water partition coefficient (Wildman–Crippen LogP) is 0.628. The molecule has 0 bridgehead atoms. The highest BCUT2D eigenvalue weighted by atomic mass is 16.5. The van der Waals surface area contributed by atoms with Gasteiger partial charge in [0.25, 0.3) is 0 Å². The largest absolute Gasteiger partial charge is 0.469 e. The molecule has 0 aromatic rings. The lowest BCUT2D eigenvalue weighted by atomic mass is 9.83. The fourth-order valence-corrected chi connectivity index (χ4v) is 1.82. The van der Waals surface area contributed by atoms with Crippen LogP contribution in [0.4, 0.5) is 0 Å². The van der Waals surface area contributed by atoms with Crippen LogP contribution in [0.3, 0.4) is 0 Å². The minimum Gasteiger partial charge on any atom is -0.469 e. The molecule has 0 spiro atoms. The number of esters is 2. The topological polar surface area (TPSA) is 69.7 Å². The molecule has 5 nitrogen and oxygen atoms in total. The number of rotatable bonds is 2. The molecule has 1 rings (SSSR count). The normalized spacial score (nSPS) is 20.7. The quantitative estimate of drug-likeness (QED) is 0.510. The van der Waals surface area contributed by atoms with Gasteiger partial charge in [-0.1, -0.05) is 0 Å². The van der Waals surface area contributed by atoms with E-state index in [2.05, 4.69) is 9.47 Å². The monoisotopic (exact) mass is 226 g/mol. The first kappa shape index (κ1) is 12.4. The summed E-state index contributed by atoms with van der Waals surface area (Å²) in [5.41, 5.74) is 0.430. The zero-order chi connectivity index (χ0) is 12.3. The van der Waals surface area contributed by atoms with Gasteiger partial charge < -0.3 is 9.47 Å². The Balaban J connectivity index is 3.12. The zero-order valence-corrected chi connectivity index (χ0v) is 9.53. The summed E-state index contributed by atoms with van der Waals surface area (Å²) in [5.74, 6) is -1.90. The summed E-state index contributed by atoms with van der Waals surface area (Å²) < 4.78 is 9.14. The minimum atomic E-state index is -0.684. The van der Waals surface area contributed by atoms with Crippen LogP contribution < -0.4 is 0 Å². The van der Waals surface area contributed by atoms with E-state index >= 15 is 0 Å². The molecule has 1 aliphatic carbocycles.